The van der Waals surface area contributed by atoms with Crippen LogP contribution in [0.4, 0.5) is 0 Å². The highest BCUT2D eigenvalue weighted by Gasteiger charge is 2.36. The van der Waals surface area contributed by atoms with Gasteiger partial charge in [-0.15, -0.1) is 11.6 Å². The second-order valence-corrected chi connectivity index (χ2v) is 5.79. The van der Waals surface area contributed by atoms with Crippen LogP contribution in [0, 0.1) is 5.41 Å². The molecular weight excluding hydrogens is 290 g/mol. The van der Waals surface area contributed by atoms with E-state index in [9.17, 15) is 0 Å². The van der Waals surface area contributed by atoms with E-state index < -0.39 is 23.9 Å². The van der Waals surface area contributed by atoms with E-state index in [0.717, 1.165) is 0 Å². The predicted octanol–water partition coefficient (Wildman–Crippen LogP) is 2.77. The zero-order chi connectivity index (χ0) is 9.94. The third-order valence-electron chi connectivity index (χ3n) is 1.33. The van der Waals surface area contributed by atoms with E-state index in [-0.39, 0.29) is 0 Å². The molecule has 0 aliphatic carbocycles. The Hall–Kier alpha value is 1.37. The van der Waals surface area contributed by atoms with E-state index in [0.29, 0.717) is 0 Å². The molecule has 0 heterocycles. The third kappa shape index (κ3) is 4.05. The normalized spacial score (nSPS) is 18.0. The van der Waals surface area contributed by atoms with Crippen LogP contribution in [0.15, 0.2) is 0 Å². The van der Waals surface area contributed by atoms with Crippen LogP contribution in [0.1, 0.15) is 13.8 Å². The highest BCUT2D eigenvalue weighted by Crippen LogP contribution is 2.42. The quantitative estimate of drug-likeness (QED) is 0.620. The van der Waals surface area contributed by atoms with Crippen LogP contribution in [0.5, 0.6) is 0 Å². The molecule has 74 valence electrons. The molecule has 0 saturated carbocycles. The van der Waals surface area contributed by atoms with Crippen molar-refractivity contribution in [2.75, 3.05) is 0 Å². The van der Waals surface area contributed by atoms with E-state index in [1.807, 2.05) is 0 Å². The first-order valence-corrected chi connectivity index (χ1v) is 6.00. The maximum absolute atomic E-state index is 8.52. The molecule has 2 unspecified atom stereocenters. The van der Waals surface area contributed by atoms with Crippen molar-refractivity contribution in [3.63, 3.8) is 0 Å². The van der Waals surface area contributed by atoms with Crippen LogP contribution in [0.2, 0.25) is 0 Å². The van der Waals surface area contributed by atoms with Crippen LogP contribution in [-0.4, -0.2) is 19.6 Å². The molecule has 0 radical (unpaired) electrons. The zero-order valence-corrected chi connectivity index (χ0v) is 10.5. The van der Waals surface area contributed by atoms with Gasteiger partial charge in [0.25, 0.3) is 0 Å². The van der Waals surface area contributed by atoms with Gasteiger partial charge >= 0.3 is 8.60 Å². The molecule has 0 bridgehead atoms. The van der Waals surface area contributed by atoms with E-state index in [4.69, 9.17) is 33.0 Å². The lowest BCUT2D eigenvalue weighted by Gasteiger charge is -2.30. The molecule has 0 aromatic heterocycles. The summed E-state index contributed by atoms with van der Waals surface area (Å²) in [6.07, 6.45) is 0. The minimum absolute atomic E-state index is 0.401. The minimum atomic E-state index is -2.44. The summed E-state index contributed by atoms with van der Waals surface area (Å²) in [6, 6.07) is 0. The van der Waals surface area contributed by atoms with Crippen molar-refractivity contribution in [3.8, 4) is 0 Å². The Morgan fingerprint density at radius 2 is 1.83 bits per heavy atom. The van der Waals surface area contributed by atoms with Crippen LogP contribution in [-0.2, 0) is 4.52 Å². The van der Waals surface area contributed by atoms with Gasteiger partial charge in [0.2, 0.25) is 0 Å². The first-order chi connectivity index (χ1) is 5.28. The lowest BCUT2D eigenvalue weighted by atomic mass is 9.98. The first-order valence-electron chi connectivity index (χ1n) is 3.05. The van der Waals surface area contributed by atoms with Gasteiger partial charge in [-0.25, -0.2) is 0 Å². The zero-order valence-electron chi connectivity index (χ0n) is 6.54. The van der Waals surface area contributed by atoms with Crippen molar-refractivity contribution in [2.24, 2.45) is 5.41 Å². The van der Waals surface area contributed by atoms with Crippen LogP contribution in [0.3, 0.4) is 0 Å². The van der Waals surface area contributed by atoms with Crippen LogP contribution >= 0.6 is 47.7 Å². The number of halogens is 3. The van der Waals surface area contributed by atoms with E-state index in [2.05, 4.69) is 20.5 Å². The summed E-state index contributed by atoms with van der Waals surface area (Å²) in [7, 11) is -2.44. The highest BCUT2D eigenvalue weighted by atomic mass is 79.9. The summed E-state index contributed by atoms with van der Waals surface area (Å²) in [5.74, 6) is 0. The number of alkyl halides is 3. The Morgan fingerprint density at radius 1 is 1.42 bits per heavy atom. The summed E-state index contributed by atoms with van der Waals surface area (Å²) in [5.41, 5.74) is -1.43. The average Bonchev–Trinajstić information content (AvgIpc) is 1.85. The molecule has 7 heteroatoms. The summed E-state index contributed by atoms with van der Waals surface area (Å²) >= 11 is 14.6. The summed E-state index contributed by atoms with van der Waals surface area (Å²) in [6.45, 7) is 3.49. The van der Waals surface area contributed by atoms with Crippen molar-refractivity contribution in [1.29, 1.82) is 0 Å². The van der Waals surface area contributed by atoms with E-state index in [1.165, 1.54) is 0 Å². The molecule has 0 fully saturated rings. The number of hydrogen-bond acceptors (Lipinski definition) is 3. The Balaban J connectivity index is 4.15. The lowest BCUT2D eigenvalue weighted by Crippen LogP contribution is -2.31. The topological polar surface area (TPSA) is 49.7 Å². The molecule has 2 N–H and O–H groups in total. The van der Waals surface area contributed by atoms with Gasteiger partial charge in [-0.1, -0.05) is 41.4 Å². The van der Waals surface area contributed by atoms with Crippen LogP contribution in [0.25, 0.3) is 0 Å². The molecule has 0 aliphatic heterocycles. The van der Waals surface area contributed by atoms with Gasteiger partial charge in [-0.05, 0) is 0 Å². The van der Waals surface area contributed by atoms with Crippen molar-refractivity contribution >= 4 is 47.7 Å². The van der Waals surface area contributed by atoms with Gasteiger partial charge in [0.15, 0.2) is 0 Å². The first kappa shape index (κ1) is 13.4. The maximum Gasteiger partial charge on any atom is 0.328 e. The summed E-state index contributed by atoms with van der Waals surface area (Å²) in [4.78, 5) is 17.0. The monoisotopic (exact) mass is 298 g/mol. The molecule has 3 nitrogen and oxygen atoms in total. The highest BCUT2D eigenvalue weighted by molar-refractivity contribution is 9.10. The van der Waals surface area contributed by atoms with Crippen molar-refractivity contribution in [1.82, 2.24) is 0 Å². The number of hydrogen-bond donors (Lipinski definition) is 2. The van der Waals surface area contributed by atoms with Gasteiger partial charge in [0.1, 0.15) is 5.56 Å². The van der Waals surface area contributed by atoms with Crippen molar-refractivity contribution in [3.05, 3.63) is 0 Å². The molecule has 0 aromatic carbocycles. The molecule has 0 saturated heterocycles. The van der Waals surface area contributed by atoms with Crippen molar-refractivity contribution in [2.45, 2.75) is 23.7 Å². The fourth-order valence-electron chi connectivity index (χ4n) is 0.318. The van der Waals surface area contributed by atoms with Gasteiger partial charge in [0, 0.05) is 5.41 Å². The molecule has 0 amide bonds. The SMILES string of the molecule is CC(C)(C(Cl)Br)C(Cl)OP(O)O. The Kier molecular flexibility index (Phi) is 5.91. The second-order valence-electron chi connectivity index (χ2n) is 2.80. The maximum atomic E-state index is 8.52. The minimum Gasteiger partial charge on any atom is -0.328 e. The summed E-state index contributed by atoms with van der Waals surface area (Å²) in [5, 5.41) is 0. The Labute approximate surface area is 91.1 Å². The fraction of sp³-hybridized carbons (Fsp3) is 1.00. The van der Waals surface area contributed by atoms with Crippen molar-refractivity contribution < 1.29 is 14.3 Å². The average molecular weight is 300 g/mol. The Bertz CT molecular complexity index is 145. The largest absolute Gasteiger partial charge is 0.328 e. The molecule has 12 heavy (non-hydrogen) atoms. The molecule has 0 rings (SSSR count). The molecule has 2 atom stereocenters. The summed E-state index contributed by atoms with van der Waals surface area (Å²) < 4.78 is 4.20. The predicted molar refractivity (Wildman–Crippen MR) is 54.4 cm³/mol. The van der Waals surface area contributed by atoms with Gasteiger partial charge in [-0.2, -0.15) is 0 Å². The lowest BCUT2D eigenvalue weighted by molar-refractivity contribution is 0.135. The Morgan fingerprint density at radius 3 is 2.08 bits per heavy atom. The van der Waals surface area contributed by atoms with E-state index in [1.54, 1.807) is 13.8 Å². The fourth-order valence-corrected chi connectivity index (χ4v) is 1.67. The second kappa shape index (κ2) is 5.30. The molecule has 0 aliphatic rings. The molecule has 0 spiro atoms. The molecule has 0 aromatic rings. The number of rotatable bonds is 4. The van der Waals surface area contributed by atoms with E-state index >= 15 is 0 Å². The van der Waals surface area contributed by atoms with Gasteiger partial charge in [0.05, 0.1) is 4.29 Å². The van der Waals surface area contributed by atoms with Gasteiger partial charge in [-0.3, -0.25) is 4.52 Å². The van der Waals surface area contributed by atoms with Gasteiger partial charge < -0.3 is 9.79 Å². The smallest absolute Gasteiger partial charge is 0.328 e. The third-order valence-corrected chi connectivity index (χ3v) is 4.25. The van der Waals surface area contributed by atoms with Crippen LogP contribution < -0.4 is 0 Å². The standard InChI is InChI=1S/C5H10BrCl2O3P/c1-5(2,3(6)7)4(8)11-12(9)10/h3-4,9-10H,1-2H3. The molecular formula is C5H10BrCl2O3P.